The minimum Gasteiger partial charge on any atom is -0.497 e. The lowest BCUT2D eigenvalue weighted by atomic mass is 9.86. The van der Waals surface area contributed by atoms with Gasteiger partial charge in [-0.15, -0.1) is 0 Å². The highest BCUT2D eigenvalue weighted by Gasteiger charge is 2.24. The first-order valence-corrected chi connectivity index (χ1v) is 8.04. The van der Waals surface area contributed by atoms with Crippen molar-refractivity contribution in [3.8, 4) is 5.75 Å². The molecule has 1 aromatic carbocycles. The van der Waals surface area contributed by atoms with Crippen molar-refractivity contribution in [1.82, 2.24) is 4.98 Å². The number of hydrogen-bond acceptors (Lipinski definition) is 6. The van der Waals surface area contributed by atoms with E-state index in [9.17, 15) is 10.1 Å². The zero-order valence-corrected chi connectivity index (χ0v) is 14.9. The number of nitro groups is 1. The molecule has 0 spiro atoms. The number of hydrogen-bond donors (Lipinski definition) is 2. The molecule has 0 fully saturated rings. The van der Waals surface area contributed by atoms with Gasteiger partial charge in [-0.1, -0.05) is 26.8 Å². The number of aromatic nitrogens is 1. The summed E-state index contributed by atoms with van der Waals surface area (Å²) in [5.41, 5.74) is 0.932. The van der Waals surface area contributed by atoms with E-state index in [-0.39, 0.29) is 17.1 Å². The fourth-order valence-electron chi connectivity index (χ4n) is 2.29. The van der Waals surface area contributed by atoms with Gasteiger partial charge in [0.2, 0.25) is 0 Å². The Hall–Kier alpha value is -2.83. The van der Waals surface area contributed by atoms with E-state index in [4.69, 9.17) is 4.74 Å². The van der Waals surface area contributed by atoms with Gasteiger partial charge >= 0.3 is 0 Å². The fraction of sp³-hybridized carbons (Fsp3) is 0.389. The Morgan fingerprint density at radius 2 is 2.04 bits per heavy atom. The normalized spacial score (nSPS) is 12.3. The maximum absolute atomic E-state index is 10.7. The summed E-state index contributed by atoms with van der Waals surface area (Å²) in [5.74, 6) is 1.40. The Kier molecular flexibility index (Phi) is 5.80. The van der Waals surface area contributed by atoms with Crippen LogP contribution in [0.1, 0.15) is 20.8 Å². The Morgan fingerprint density at radius 1 is 1.28 bits per heavy atom. The van der Waals surface area contributed by atoms with Crippen molar-refractivity contribution in [2.45, 2.75) is 26.8 Å². The van der Waals surface area contributed by atoms with Crippen molar-refractivity contribution in [1.29, 1.82) is 0 Å². The number of nitrogens with zero attached hydrogens (tertiary/aromatic N) is 2. The second-order valence-electron chi connectivity index (χ2n) is 6.83. The molecule has 0 bridgehead atoms. The van der Waals surface area contributed by atoms with Gasteiger partial charge in [-0.3, -0.25) is 10.1 Å². The van der Waals surface area contributed by atoms with E-state index >= 15 is 0 Å². The summed E-state index contributed by atoms with van der Waals surface area (Å²) < 4.78 is 5.26. The highest BCUT2D eigenvalue weighted by atomic mass is 16.6. The zero-order valence-electron chi connectivity index (χ0n) is 14.9. The van der Waals surface area contributed by atoms with Gasteiger partial charge in [-0.2, -0.15) is 0 Å². The number of benzene rings is 1. The maximum Gasteiger partial charge on any atom is 0.287 e. The number of pyridine rings is 1. The quantitative estimate of drug-likeness (QED) is 0.584. The van der Waals surface area contributed by atoms with Crippen LogP contribution in [-0.2, 0) is 0 Å². The average Bonchev–Trinajstić information content (AvgIpc) is 2.58. The van der Waals surface area contributed by atoms with Gasteiger partial charge in [0.1, 0.15) is 17.8 Å². The van der Waals surface area contributed by atoms with Crippen molar-refractivity contribution >= 4 is 17.2 Å². The van der Waals surface area contributed by atoms with Crippen LogP contribution in [-0.4, -0.2) is 29.6 Å². The lowest BCUT2D eigenvalue weighted by Crippen LogP contribution is -2.40. The molecule has 0 saturated carbocycles. The Labute approximate surface area is 147 Å². The van der Waals surface area contributed by atoms with Crippen LogP contribution in [0.5, 0.6) is 5.75 Å². The van der Waals surface area contributed by atoms with Crippen LogP contribution in [0.25, 0.3) is 0 Å². The van der Waals surface area contributed by atoms with Gasteiger partial charge < -0.3 is 15.4 Å². The van der Waals surface area contributed by atoms with Crippen molar-refractivity contribution in [2.24, 2.45) is 5.41 Å². The van der Waals surface area contributed by atoms with E-state index in [1.165, 1.54) is 12.3 Å². The molecule has 2 rings (SSSR count). The lowest BCUT2D eigenvalue weighted by Gasteiger charge is -2.32. The van der Waals surface area contributed by atoms with E-state index in [1.807, 2.05) is 24.3 Å². The van der Waals surface area contributed by atoms with Crippen LogP contribution >= 0.6 is 0 Å². The average molecular weight is 344 g/mol. The third kappa shape index (κ3) is 5.34. The highest BCUT2D eigenvalue weighted by molar-refractivity contribution is 5.50. The summed E-state index contributed by atoms with van der Waals surface area (Å²) in [6.07, 6.45) is 1.25. The predicted molar refractivity (Wildman–Crippen MR) is 99.2 cm³/mol. The summed E-state index contributed by atoms with van der Waals surface area (Å²) in [4.78, 5) is 14.3. The van der Waals surface area contributed by atoms with Gasteiger partial charge in [-0.05, 0) is 23.6 Å². The summed E-state index contributed by atoms with van der Waals surface area (Å²) in [6, 6.07) is 10.9. The number of ether oxygens (including phenoxy) is 1. The molecule has 0 aliphatic heterocycles. The Bertz CT molecular complexity index is 711. The van der Waals surface area contributed by atoms with Gasteiger partial charge in [0.05, 0.1) is 12.0 Å². The van der Waals surface area contributed by atoms with Crippen LogP contribution in [0.2, 0.25) is 0 Å². The van der Waals surface area contributed by atoms with Crippen LogP contribution in [0.3, 0.4) is 0 Å². The van der Waals surface area contributed by atoms with Gasteiger partial charge in [0.15, 0.2) is 0 Å². The Balaban J connectivity index is 2.06. The summed E-state index contributed by atoms with van der Waals surface area (Å²) in [7, 11) is 1.64. The summed E-state index contributed by atoms with van der Waals surface area (Å²) >= 11 is 0. The van der Waals surface area contributed by atoms with Crippen molar-refractivity contribution < 1.29 is 9.66 Å². The zero-order chi connectivity index (χ0) is 18.4. The minimum atomic E-state index is -0.459. The molecule has 7 nitrogen and oxygen atoms in total. The standard InChI is InChI=1S/C18H24N4O3/c1-18(2,3)16(21-13-6-5-7-15(10-13)25-4)12-20-17-9-8-14(11-19-17)22(23)24/h5-11,16,21H,12H2,1-4H3,(H,19,20)/t16-/m1/s1. The number of anilines is 2. The summed E-state index contributed by atoms with van der Waals surface area (Å²) in [5, 5.41) is 17.4. The fourth-order valence-corrected chi connectivity index (χ4v) is 2.29. The third-order valence-corrected chi connectivity index (χ3v) is 3.90. The van der Waals surface area contributed by atoms with Crippen molar-refractivity contribution in [3.05, 3.63) is 52.7 Å². The minimum absolute atomic E-state index is 0.0170. The molecule has 2 aromatic rings. The Morgan fingerprint density at radius 3 is 2.60 bits per heavy atom. The SMILES string of the molecule is COc1cccc(N[C@H](CNc2ccc([N+](=O)[O-])cn2)C(C)(C)C)c1. The molecule has 0 saturated heterocycles. The van der Waals surface area contributed by atoms with E-state index < -0.39 is 4.92 Å². The molecule has 134 valence electrons. The molecule has 25 heavy (non-hydrogen) atoms. The van der Waals surface area contributed by atoms with E-state index in [2.05, 4.69) is 36.4 Å². The third-order valence-electron chi connectivity index (χ3n) is 3.90. The number of methoxy groups -OCH3 is 1. The lowest BCUT2D eigenvalue weighted by molar-refractivity contribution is -0.385. The molecule has 1 atom stereocenters. The number of rotatable bonds is 7. The predicted octanol–water partition coefficient (Wildman–Crippen LogP) is 3.94. The van der Waals surface area contributed by atoms with E-state index in [0.717, 1.165) is 11.4 Å². The molecular formula is C18H24N4O3. The largest absolute Gasteiger partial charge is 0.497 e. The molecule has 0 radical (unpaired) electrons. The van der Waals surface area contributed by atoms with Crippen LogP contribution < -0.4 is 15.4 Å². The second-order valence-corrected chi connectivity index (χ2v) is 6.83. The van der Waals surface area contributed by atoms with Crippen molar-refractivity contribution in [3.63, 3.8) is 0 Å². The molecule has 0 aliphatic carbocycles. The monoisotopic (exact) mass is 344 g/mol. The van der Waals surface area contributed by atoms with Crippen LogP contribution in [0, 0.1) is 15.5 Å². The van der Waals surface area contributed by atoms with E-state index in [1.54, 1.807) is 13.2 Å². The first kappa shape index (κ1) is 18.5. The molecule has 7 heteroatoms. The van der Waals surface area contributed by atoms with Gasteiger partial charge in [-0.25, -0.2) is 4.98 Å². The summed E-state index contributed by atoms with van der Waals surface area (Å²) in [6.45, 7) is 7.06. The molecular weight excluding hydrogens is 320 g/mol. The van der Waals surface area contributed by atoms with E-state index in [0.29, 0.717) is 12.4 Å². The smallest absolute Gasteiger partial charge is 0.287 e. The van der Waals surface area contributed by atoms with Gasteiger partial charge in [0, 0.05) is 30.4 Å². The van der Waals surface area contributed by atoms with Crippen molar-refractivity contribution in [2.75, 3.05) is 24.3 Å². The first-order valence-electron chi connectivity index (χ1n) is 8.04. The van der Waals surface area contributed by atoms with Crippen LogP contribution in [0.4, 0.5) is 17.2 Å². The highest BCUT2D eigenvalue weighted by Crippen LogP contribution is 2.25. The second kappa shape index (κ2) is 7.83. The molecule has 1 aromatic heterocycles. The molecule has 0 amide bonds. The number of nitrogens with one attached hydrogen (secondary N) is 2. The topological polar surface area (TPSA) is 89.3 Å². The molecule has 1 heterocycles. The molecule has 0 unspecified atom stereocenters. The molecule has 0 aliphatic rings. The first-order chi connectivity index (χ1) is 11.8. The maximum atomic E-state index is 10.7. The molecule has 2 N–H and O–H groups in total. The van der Waals surface area contributed by atoms with Gasteiger partial charge in [0.25, 0.3) is 5.69 Å². The van der Waals surface area contributed by atoms with Crippen LogP contribution in [0.15, 0.2) is 42.6 Å².